The van der Waals surface area contributed by atoms with Crippen LogP contribution in [0, 0.1) is 13.8 Å². The highest BCUT2D eigenvalue weighted by molar-refractivity contribution is 7.11. The fourth-order valence-electron chi connectivity index (χ4n) is 2.12. The lowest BCUT2D eigenvalue weighted by Gasteiger charge is -2.14. The van der Waals surface area contributed by atoms with Crippen molar-refractivity contribution in [2.24, 2.45) is 0 Å². The lowest BCUT2D eigenvalue weighted by Crippen LogP contribution is -2.21. The number of hydrogen-bond acceptors (Lipinski definition) is 5. The molecule has 1 N–H and O–H groups in total. The molecule has 19 heavy (non-hydrogen) atoms. The van der Waals surface area contributed by atoms with E-state index in [1.54, 1.807) is 17.7 Å². The van der Waals surface area contributed by atoms with Gasteiger partial charge in [-0.05, 0) is 34.6 Å². The van der Waals surface area contributed by atoms with Crippen LogP contribution in [0.3, 0.4) is 0 Å². The molecular formula is C13H21N5S. The van der Waals surface area contributed by atoms with Crippen LogP contribution in [-0.2, 0) is 6.54 Å². The van der Waals surface area contributed by atoms with Gasteiger partial charge in [-0.3, -0.25) is 0 Å². The van der Waals surface area contributed by atoms with Gasteiger partial charge >= 0.3 is 0 Å². The van der Waals surface area contributed by atoms with Crippen LogP contribution in [0.5, 0.6) is 0 Å². The van der Waals surface area contributed by atoms with Gasteiger partial charge < -0.3 is 5.32 Å². The molecule has 0 spiro atoms. The van der Waals surface area contributed by atoms with Gasteiger partial charge in [0.2, 0.25) is 0 Å². The van der Waals surface area contributed by atoms with E-state index in [1.807, 2.05) is 11.6 Å². The summed E-state index contributed by atoms with van der Waals surface area (Å²) in [7, 11) is 0. The van der Waals surface area contributed by atoms with Crippen molar-refractivity contribution in [3.63, 3.8) is 0 Å². The van der Waals surface area contributed by atoms with Crippen molar-refractivity contribution in [1.29, 1.82) is 0 Å². The van der Waals surface area contributed by atoms with Crippen LogP contribution in [0.4, 0.5) is 0 Å². The summed E-state index contributed by atoms with van der Waals surface area (Å²) in [5.41, 5.74) is 1.12. The van der Waals surface area contributed by atoms with Crippen molar-refractivity contribution >= 4 is 11.3 Å². The Morgan fingerprint density at radius 2 is 2.05 bits per heavy atom. The molecule has 1 atom stereocenters. The standard InChI is InChI=1S/C13H21N5S/c1-8(2)18-12(15-7-16-18)6-14-9(3)13-10(4)17-11(5)19-13/h7-9,14H,6H2,1-5H3. The summed E-state index contributed by atoms with van der Waals surface area (Å²) in [6, 6.07) is 0.616. The molecule has 0 amide bonds. The summed E-state index contributed by atoms with van der Waals surface area (Å²) in [6.07, 6.45) is 1.61. The van der Waals surface area contributed by atoms with Crippen molar-refractivity contribution in [3.05, 3.63) is 27.7 Å². The maximum absolute atomic E-state index is 4.47. The first kappa shape index (κ1) is 14.1. The average molecular weight is 279 g/mol. The third-order valence-electron chi connectivity index (χ3n) is 3.04. The Morgan fingerprint density at radius 3 is 2.63 bits per heavy atom. The Morgan fingerprint density at radius 1 is 1.32 bits per heavy atom. The Labute approximate surface area is 118 Å². The highest BCUT2D eigenvalue weighted by atomic mass is 32.1. The molecule has 0 fully saturated rings. The molecule has 0 bridgehead atoms. The van der Waals surface area contributed by atoms with Gasteiger partial charge in [-0.2, -0.15) is 5.10 Å². The minimum Gasteiger partial charge on any atom is -0.302 e. The van der Waals surface area contributed by atoms with E-state index in [4.69, 9.17) is 0 Å². The third kappa shape index (κ3) is 3.19. The summed E-state index contributed by atoms with van der Waals surface area (Å²) in [4.78, 5) is 10.1. The number of aryl methyl sites for hydroxylation is 2. The second kappa shape index (κ2) is 5.79. The molecule has 0 aliphatic heterocycles. The van der Waals surface area contributed by atoms with Gasteiger partial charge in [0, 0.05) is 17.0 Å². The molecule has 1 unspecified atom stereocenters. The highest BCUT2D eigenvalue weighted by Gasteiger charge is 2.14. The van der Waals surface area contributed by atoms with E-state index < -0.39 is 0 Å². The Kier molecular flexibility index (Phi) is 4.31. The minimum absolute atomic E-state index is 0.281. The van der Waals surface area contributed by atoms with Crippen LogP contribution >= 0.6 is 11.3 Å². The predicted molar refractivity (Wildman–Crippen MR) is 77.2 cm³/mol. The molecule has 0 aliphatic rings. The van der Waals surface area contributed by atoms with Crippen LogP contribution < -0.4 is 5.32 Å². The zero-order valence-electron chi connectivity index (χ0n) is 12.1. The molecule has 2 heterocycles. The van der Waals surface area contributed by atoms with Gasteiger partial charge in [0.15, 0.2) is 0 Å². The van der Waals surface area contributed by atoms with E-state index in [-0.39, 0.29) is 6.04 Å². The third-order valence-corrected chi connectivity index (χ3v) is 4.29. The van der Waals surface area contributed by atoms with E-state index in [1.165, 1.54) is 4.88 Å². The number of hydrogen-bond donors (Lipinski definition) is 1. The van der Waals surface area contributed by atoms with Crippen LogP contribution in [0.15, 0.2) is 6.33 Å². The fourth-order valence-corrected chi connectivity index (χ4v) is 3.07. The molecule has 0 radical (unpaired) electrons. The molecule has 104 valence electrons. The lowest BCUT2D eigenvalue weighted by molar-refractivity contribution is 0.474. The minimum atomic E-state index is 0.281. The quantitative estimate of drug-likeness (QED) is 0.914. The molecule has 5 nitrogen and oxygen atoms in total. The first-order valence-corrected chi connectivity index (χ1v) is 7.36. The Balaban J connectivity index is 2.02. The van der Waals surface area contributed by atoms with Gasteiger partial charge in [0.05, 0.1) is 17.2 Å². The summed E-state index contributed by atoms with van der Waals surface area (Å²) in [5, 5.41) is 8.86. The van der Waals surface area contributed by atoms with E-state index >= 15 is 0 Å². The van der Waals surface area contributed by atoms with Gasteiger partial charge in [0.25, 0.3) is 0 Å². The molecule has 0 aliphatic carbocycles. The second-order valence-corrected chi connectivity index (χ2v) is 6.23. The average Bonchev–Trinajstić information content (AvgIpc) is 2.92. The summed E-state index contributed by atoms with van der Waals surface area (Å²) in [5.74, 6) is 0.973. The number of nitrogens with one attached hydrogen (secondary N) is 1. The second-order valence-electron chi connectivity index (χ2n) is 5.00. The first-order valence-electron chi connectivity index (χ1n) is 6.54. The van der Waals surface area contributed by atoms with Crippen LogP contribution in [0.1, 0.15) is 54.3 Å². The van der Waals surface area contributed by atoms with Gasteiger partial charge in [-0.1, -0.05) is 0 Å². The molecule has 6 heteroatoms. The summed E-state index contributed by atoms with van der Waals surface area (Å²) in [6.45, 7) is 11.2. The summed E-state index contributed by atoms with van der Waals surface area (Å²) < 4.78 is 1.95. The van der Waals surface area contributed by atoms with Crippen LogP contribution in [-0.4, -0.2) is 19.7 Å². The highest BCUT2D eigenvalue weighted by Crippen LogP contribution is 2.24. The Bertz CT molecular complexity index is 543. The maximum atomic E-state index is 4.47. The molecule has 0 aromatic carbocycles. The zero-order valence-corrected chi connectivity index (χ0v) is 13.0. The first-order chi connectivity index (χ1) is 8.99. The van der Waals surface area contributed by atoms with Crippen molar-refractivity contribution in [2.45, 2.75) is 53.2 Å². The SMILES string of the molecule is Cc1nc(C)c(C(C)NCc2ncnn2C(C)C)s1. The van der Waals surface area contributed by atoms with Crippen LogP contribution in [0.2, 0.25) is 0 Å². The van der Waals surface area contributed by atoms with E-state index in [2.05, 4.69) is 48.1 Å². The zero-order chi connectivity index (χ0) is 14.0. The lowest BCUT2D eigenvalue weighted by atomic mass is 10.2. The smallest absolute Gasteiger partial charge is 0.141 e. The normalized spacial score (nSPS) is 13.2. The van der Waals surface area contributed by atoms with Gasteiger partial charge in [-0.15, -0.1) is 11.3 Å². The fraction of sp³-hybridized carbons (Fsp3) is 0.615. The van der Waals surface area contributed by atoms with E-state index in [0.29, 0.717) is 6.04 Å². The monoisotopic (exact) mass is 279 g/mol. The molecular weight excluding hydrogens is 258 g/mol. The number of thiazole rings is 1. The summed E-state index contributed by atoms with van der Waals surface area (Å²) >= 11 is 1.75. The number of rotatable bonds is 5. The predicted octanol–water partition coefficient (Wildman–Crippen LogP) is 2.78. The molecule has 0 saturated carbocycles. The number of aromatic nitrogens is 4. The Hall–Kier alpha value is -1.27. The van der Waals surface area contributed by atoms with E-state index in [0.717, 1.165) is 23.1 Å². The van der Waals surface area contributed by atoms with Crippen molar-refractivity contribution in [2.75, 3.05) is 0 Å². The van der Waals surface area contributed by atoms with Crippen molar-refractivity contribution in [1.82, 2.24) is 25.1 Å². The van der Waals surface area contributed by atoms with Crippen LogP contribution in [0.25, 0.3) is 0 Å². The number of nitrogens with zero attached hydrogens (tertiary/aromatic N) is 4. The molecule has 0 saturated heterocycles. The molecule has 2 aromatic rings. The van der Waals surface area contributed by atoms with Crippen molar-refractivity contribution < 1.29 is 0 Å². The topological polar surface area (TPSA) is 55.6 Å². The van der Waals surface area contributed by atoms with Gasteiger partial charge in [0.1, 0.15) is 12.2 Å². The molecule has 2 rings (SSSR count). The largest absolute Gasteiger partial charge is 0.302 e. The van der Waals surface area contributed by atoms with Crippen molar-refractivity contribution in [3.8, 4) is 0 Å². The molecule has 2 aromatic heterocycles. The van der Waals surface area contributed by atoms with E-state index in [9.17, 15) is 0 Å². The van der Waals surface area contributed by atoms with Gasteiger partial charge in [-0.25, -0.2) is 14.6 Å². The maximum Gasteiger partial charge on any atom is 0.141 e.